The van der Waals surface area contributed by atoms with Gasteiger partial charge in [-0.25, -0.2) is 9.97 Å². The highest BCUT2D eigenvalue weighted by Crippen LogP contribution is 2.37. The number of aromatic nitrogens is 2. The number of fused-ring (bicyclic) bond motifs is 1. The van der Waals surface area contributed by atoms with Gasteiger partial charge < -0.3 is 4.90 Å². The second kappa shape index (κ2) is 5.98. The van der Waals surface area contributed by atoms with Gasteiger partial charge in [-0.2, -0.15) is 5.26 Å². The Kier molecular flexibility index (Phi) is 3.68. The van der Waals surface area contributed by atoms with Crippen molar-refractivity contribution in [3.05, 3.63) is 53.7 Å². The molecule has 4 nitrogen and oxygen atoms in total. The number of hydrogen-bond acceptors (Lipinski definition) is 5. The standard InChI is InChI=1S/C18H16N4S/c19-11-15(13-5-2-1-3-6-13)16-7-4-9-22(16)17-14-8-10-23-18(14)21-12-20-17/h1-3,5-6,8,10,12,15-16H,4,7,9H2. The molecule has 0 N–H and O–H groups in total. The van der Waals surface area contributed by atoms with Gasteiger partial charge in [0.15, 0.2) is 0 Å². The summed E-state index contributed by atoms with van der Waals surface area (Å²) in [6, 6.07) is 14.8. The summed E-state index contributed by atoms with van der Waals surface area (Å²) >= 11 is 1.63. The number of nitrogens with zero attached hydrogens (tertiary/aromatic N) is 4. The first-order chi connectivity index (χ1) is 11.4. The van der Waals surface area contributed by atoms with E-state index >= 15 is 0 Å². The van der Waals surface area contributed by atoms with Gasteiger partial charge in [-0.05, 0) is 29.9 Å². The summed E-state index contributed by atoms with van der Waals surface area (Å²) in [5.74, 6) is 0.831. The Morgan fingerprint density at radius 1 is 1.22 bits per heavy atom. The van der Waals surface area contributed by atoms with E-state index in [2.05, 4.69) is 27.0 Å². The van der Waals surface area contributed by atoms with Crippen LogP contribution in [0.4, 0.5) is 5.82 Å². The molecule has 23 heavy (non-hydrogen) atoms. The summed E-state index contributed by atoms with van der Waals surface area (Å²) in [6.07, 6.45) is 3.74. The predicted molar refractivity (Wildman–Crippen MR) is 92.6 cm³/mol. The highest BCUT2D eigenvalue weighted by molar-refractivity contribution is 7.16. The molecule has 0 bridgehead atoms. The summed E-state index contributed by atoms with van der Waals surface area (Å²) in [4.78, 5) is 12.2. The Labute approximate surface area is 139 Å². The molecule has 5 heteroatoms. The molecule has 1 aliphatic rings. The van der Waals surface area contributed by atoms with Crippen LogP contribution in [0, 0.1) is 11.3 Å². The quantitative estimate of drug-likeness (QED) is 0.733. The van der Waals surface area contributed by atoms with Gasteiger partial charge in [-0.15, -0.1) is 11.3 Å². The van der Waals surface area contributed by atoms with Crippen molar-refractivity contribution < 1.29 is 0 Å². The fraction of sp³-hybridized carbons (Fsp3) is 0.278. The van der Waals surface area contributed by atoms with E-state index in [9.17, 15) is 5.26 Å². The number of rotatable bonds is 3. The third-order valence-electron chi connectivity index (χ3n) is 4.49. The molecule has 3 heterocycles. The zero-order valence-corrected chi connectivity index (χ0v) is 13.4. The van der Waals surface area contributed by atoms with Crippen LogP contribution >= 0.6 is 11.3 Å². The van der Waals surface area contributed by atoms with E-state index in [1.54, 1.807) is 17.7 Å². The molecule has 0 spiro atoms. The van der Waals surface area contributed by atoms with Crippen LogP contribution in [0.5, 0.6) is 0 Å². The van der Waals surface area contributed by atoms with Crippen molar-refractivity contribution >= 4 is 27.4 Å². The first kappa shape index (κ1) is 14.2. The van der Waals surface area contributed by atoms with Crippen molar-refractivity contribution in [1.82, 2.24) is 9.97 Å². The lowest BCUT2D eigenvalue weighted by Crippen LogP contribution is -2.34. The minimum atomic E-state index is -0.137. The lowest BCUT2D eigenvalue weighted by atomic mass is 9.91. The van der Waals surface area contributed by atoms with E-state index < -0.39 is 0 Å². The average Bonchev–Trinajstić information content (AvgIpc) is 3.25. The maximum atomic E-state index is 9.77. The summed E-state index contributed by atoms with van der Waals surface area (Å²) in [6.45, 7) is 0.942. The second-order valence-electron chi connectivity index (χ2n) is 5.76. The molecular weight excluding hydrogens is 304 g/mol. The predicted octanol–water partition coefficient (Wildman–Crippen LogP) is 3.97. The van der Waals surface area contributed by atoms with Crippen molar-refractivity contribution in [2.24, 2.45) is 0 Å². The summed E-state index contributed by atoms with van der Waals surface area (Å²) in [5, 5.41) is 12.9. The molecule has 114 valence electrons. The van der Waals surface area contributed by atoms with Crippen molar-refractivity contribution in [2.45, 2.75) is 24.8 Å². The van der Waals surface area contributed by atoms with Crippen molar-refractivity contribution in [2.75, 3.05) is 11.4 Å². The van der Waals surface area contributed by atoms with Crippen LogP contribution in [0.2, 0.25) is 0 Å². The Morgan fingerprint density at radius 3 is 2.91 bits per heavy atom. The molecule has 4 rings (SSSR count). The van der Waals surface area contributed by atoms with Crippen molar-refractivity contribution in [3.8, 4) is 6.07 Å². The van der Waals surface area contributed by atoms with Gasteiger partial charge in [-0.1, -0.05) is 30.3 Å². The zero-order chi connectivity index (χ0) is 15.6. The maximum absolute atomic E-state index is 9.77. The highest BCUT2D eigenvalue weighted by atomic mass is 32.1. The van der Waals surface area contributed by atoms with E-state index in [0.29, 0.717) is 0 Å². The summed E-state index contributed by atoms with van der Waals surface area (Å²) in [5.41, 5.74) is 1.09. The minimum absolute atomic E-state index is 0.137. The SMILES string of the molecule is N#CC(c1ccccc1)C1CCCN1c1ncnc2sccc12. The Hall–Kier alpha value is -2.45. The number of nitriles is 1. The van der Waals surface area contributed by atoms with E-state index in [1.165, 1.54) is 0 Å². The van der Waals surface area contributed by atoms with Gasteiger partial charge in [0, 0.05) is 6.54 Å². The Balaban J connectivity index is 1.74. The van der Waals surface area contributed by atoms with E-state index in [0.717, 1.165) is 41.0 Å². The van der Waals surface area contributed by atoms with Crippen LogP contribution in [0.15, 0.2) is 48.1 Å². The number of anilines is 1. The molecule has 2 aromatic heterocycles. The first-order valence-corrected chi connectivity index (χ1v) is 8.66. The molecule has 1 aliphatic heterocycles. The van der Waals surface area contributed by atoms with Gasteiger partial charge in [0.05, 0.1) is 23.4 Å². The molecule has 0 aliphatic carbocycles. The largest absolute Gasteiger partial charge is 0.351 e. The normalized spacial score (nSPS) is 18.9. The molecule has 2 unspecified atom stereocenters. The van der Waals surface area contributed by atoms with Gasteiger partial charge in [0.25, 0.3) is 0 Å². The third-order valence-corrected chi connectivity index (χ3v) is 5.32. The minimum Gasteiger partial charge on any atom is -0.351 e. The summed E-state index contributed by atoms with van der Waals surface area (Å²) in [7, 11) is 0. The van der Waals surface area contributed by atoms with Crippen LogP contribution in [-0.4, -0.2) is 22.6 Å². The van der Waals surface area contributed by atoms with Gasteiger partial charge in [0.1, 0.15) is 17.0 Å². The van der Waals surface area contributed by atoms with Crippen LogP contribution in [-0.2, 0) is 0 Å². The molecule has 3 aromatic rings. The maximum Gasteiger partial charge on any atom is 0.141 e. The second-order valence-corrected chi connectivity index (χ2v) is 6.65. The van der Waals surface area contributed by atoms with Crippen molar-refractivity contribution in [3.63, 3.8) is 0 Å². The van der Waals surface area contributed by atoms with Crippen LogP contribution in [0.1, 0.15) is 24.3 Å². The van der Waals surface area contributed by atoms with Crippen LogP contribution in [0.25, 0.3) is 10.2 Å². The smallest absolute Gasteiger partial charge is 0.141 e. The average molecular weight is 320 g/mol. The monoisotopic (exact) mass is 320 g/mol. The molecule has 1 saturated heterocycles. The topological polar surface area (TPSA) is 52.8 Å². The molecule has 1 aromatic carbocycles. The zero-order valence-electron chi connectivity index (χ0n) is 12.6. The van der Waals surface area contributed by atoms with Crippen molar-refractivity contribution in [1.29, 1.82) is 5.26 Å². The Morgan fingerprint density at radius 2 is 2.09 bits per heavy atom. The first-order valence-electron chi connectivity index (χ1n) is 7.78. The van der Waals surface area contributed by atoms with Crippen LogP contribution in [0.3, 0.4) is 0 Å². The molecule has 0 amide bonds. The molecule has 0 saturated carbocycles. The highest BCUT2D eigenvalue weighted by Gasteiger charge is 2.34. The van der Waals surface area contributed by atoms with E-state index in [-0.39, 0.29) is 12.0 Å². The molecule has 0 radical (unpaired) electrons. The fourth-order valence-electron chi connectivity index (χ4n) is 3.45. The fourth-order valence-corrected chi connectivity index (χ4v) is 4.18. The lowest BCUT2D eigenvalue weighted by molar-refractivity contribution is 0.609. The molecule has 1 fully saturated rings. The van der Waals surface area contributed by atoms with Gasteiger partial charge in [-0.3, -0.25) is 0 Å². The van der Waals surface area contributed by atoms with Gasteiger partial charge >= 0.3 is 0 Å². The molecule has 2 atom stereocenters. The van der Waals surface area contributed by atoms with E-state index in [1.807, 2.05) is 35.7 Å². The number of hydrogen-bond donors (Lipinski definition) is 0. The van der Waals surface area contributed by atoms with Crippen LogP contribution < -0.4 is 4.90 Å². The lowest BCUT2D eigenvalue weighted by Gasteiger charge is -2.29. The number of benzene rings is 1. The third kappa shape index (κ3) is 2.45. The molecular formula is C18H16N4S. The number of thiophene rings is 1. The van der Waals surface area contributed by atoms with Gasteiger partial charge in [0.2, 0.25) is 0 Å². The van der Waals surface area contributed by atoms with E-state index in [4.69, 9.17) is 0 Å². The Bertz CT molecular complexity index is 852. The summed E-state index contributed by atoms with van der Waals surface area (Å²) < 4.78 is 0.